The van der Waals surface area contributed by atoms with Gasteiger partial charge in [-0.15, -0.1) is 0 Å². The summed E-state index contributed by atoms with van der Waals surface area (Å²) in [4.78, 5) is 14.2. The van der Waals surface area contributed by atoms with Crippen LogP contribution >= 0.6 is 0 Å². The van der Waals surface area contributed by atoms with Crippen molar-refractivity contribution in [3.63, 3.8) is 0 Å². The summed E-state index contributed by atoms with van der Waals surface area (Å²) in [6.07, 6.45) is 1.50. The van der Waals surface area contributed by atoms with Crippen molar-refractivity contribution in [2.24, 2.45) is 0 Å². The summed E-state index contributed by atoms with van der Waals surface area (Å²) in [5, 5.41) is 0. The molecule has 2 aromatic carbocycles. The van der Waals surface area contributed by atoms with Crippen LogP contribution in [-0.2, 0) is 0 Å². The van der Waals surface area contributed by atoms with Crippen LogP contribution in [0.1, 0.15) is 6.92 Å². The Labute approximate surface area is 140 Å². The Morgan fingerprint density at radius 2 is 1.71 bits per heavy atom. The van der Waals surface area contributed by atoms with Crippen molar-refractivity contribution in [2.45, 2.75) is 6.92 Å². The molecule has 0 saturated carbocycles. The van der Waals surface area contributed by atoms with Crippen molar-refractivity contribution >= 4 is 11.4 Å². The Bertz CT molecular complexity index is 854. The number of hydrogen-bond donors (Lipinski definition) is 0. The first-order chi connectivity index (χ1) is 11.7. The van der Waals surface area contributed by atoms with Crippen LogP contribution in [0, 0.1) is 0 Å². The van der Waals surface area contributed by atoms with Crippen LogP contribution in [0.3, 0.4) is 0 Å². The highest BCUT2D eigenvalue weighted by molar-refractivity contribution is 5.70. The molecule has 3 rings (SSSR count). The molecule has 0 bridgehead atoms. The maximum atomic E-state index is 12.3. The second kappa shape index (κ2) is 7.04. The minimum atomic E-state index is -0.354. The number of benzene rings is 2. The number of ether oxygens (including phenoxy) is 1. The predicted octanol–water partition coefficient (Wildman–Crippen LogP) is 4.47. The van der Waals surface area contributed by atoms with Crippen LogP contribution in [-0.4, -0.2) is 13.7 Å². The van der Waals surface area contributed by atoms with E-state index in [-0.39, 0.29) is 5.63 Å². The Balaban J connectivity index is 2.03. The second-order valence-corrected chi connectivity index (χ2v) is 5.32. The molecular weight excluding hydrogens is 302 g/mol. The largest absolute Gasteiger partial charge is 0.497 e. The standard InChI is InChI=1S/C20H19NO3/c1-3-21(17-9-11-18(23-2)12-10-17)19-13-16(14-24-20(19)22)15-7-5-4-6-8-15/h4-14H,3H2,1-2H3. The van der Waals surface area contributed by atoms with Gasteiger partial charge >= 0.3 is 5.63 Å². The molecule has 0 N–H and O–H groups in total. The molecule has 0 fully saturated rings. The van der Waals surface area contributed by atoms with Gasteiger partial charge in [-0.2, -0.15) is 0 Å². The Morgan fingerprint density at radius 1 is 1.00 bits per heavy atom. The first-order valence-electron chi connectivity index (χ1n) is 7.82. The normalized spacial score (nSPS) is 10.4. The number of methoxy groups -OCH3 is 1. The third-order valence-corrected chi connectivity index (χ3v) is 3.89. The molecule has 0 aliphatic heterocycles. The molecule has 0 aliphatic rings. The number of anilines is 2. The van der Waals surface area contributed by atoms with E-state index in [1.165, 1.54) is 6.26 Å². The van der Waals surface area contributed by atoms with Crippen LogP contribution in [0.2, 0.25) is 0 Å². The zero-order chi connectivity index (χ0) is 16.9. The molecule has 0 aliphatic carbocycles. The maximum absolute atomic E-state index is 12.3. The lowest BCUT2D eigenvalue weighted by Gasteiger charge is -2.22. The molecule has 122 valence electrons. The molecule has 0 spiro atoms. The summed E-state index contributed by atoms with van der Waals surface area (Å²) in [6, 6.07) is 19.3. The highest BCUT2D eigenvalue weighted by Gasteiger charge is 2.14. The molecular formula is C20H19NO3. The summed E-state index contributed by atoms with van der Waals surface area (Å²) in [5.41, 5.74) is 2.96. The van der Waals surface area contributed by atoms with Gasteiger partial charge in [0, 0.05) is 17.8 Å². The van der Waals surface area contributed by atoms with Crippen LogP contribution < -0.4 is 15.3 Å². The van der Waals surface area contributed by atoms with E-state index in [1.54, 1.807) is 7.11 Å². The fourth-order valence-corrected chi connectivity index (χ4v) is 2.64. The van der Waals surface area contributed by atoms with Crippen LogP contribution in [0.25, 0.3) is 11.1 Å². The molecule has 0 atom stereocenters. The molecule has 1 aromatic heterocycles. The van der Waals surface area contributed by atoms with E-state index >= 15 is 0 Å². The van der Waals surface area contributed by atoms with Gasteiger partial charge in [0.15, 0.2) is 0 Å². The molecule has 3 aromatic rings. The van der Waals surface area contributed by atoms with Gasteiger partial charge in [0.25, 0.3) is 0 Å². The fourth-order valence-electron chi connectivity index (χ4n) is 2.64. The highest BCUT2D eigenvalue weighted by Crippen LogP contribution is 2.28. The lowest BCUT2D eigenvalue weighted by atomic mass is 10.1. The van der Waals surface area contributed by atoms with Gasteiger partial charge in [0.2, 0.25) is 0 Å². The SMILES string of the molecule is CCN(c1ccc(OC)cc1)c1cc(-c2ccccc2)coc1=O. The van der Waals surface area contributed by atoms with Crippen LogP contribution in [0.15, 0.2) is 76.1 Å². The van der Waals surface area contributed by atoms with Gasteiger partial charge in [-0.3, -0.25) is 0 Å². The quantitative estimate of drug-likeness (QED) is 0.695. The first kappa shape index (κ1) is 15.9. The summed E-state index contributed by atoms with van der Waals surface area (Å²) in [6.45, 7) is 2.65. The number of nitrogens with zero attached hydrogens (tertiary/aromatic N) is 1. The highest BCUT2D eigenvalue weighted by atomic mass is 16.5. The molecule has 0 radical (unpaired) electrons. The van der Waals surface area contributed by atoms with Crippen molar-refractivity contribution in [3.8, 4) is 16.9 Å². The van der Waals surface area contributed by atoms with E-state index < -0.39 is 0 Å². The van der Waals surface area contributed by atoms with E-state index in [9.17, 15) is 4.79 Å². The maximum Gasteiger partial charge on any atom is 0.359 e. The topological polar surface area (TPSA) is 42.7 Å². The summed E-state index contributed by atoms with van der Waals surface area (Å²) < 4.78 is 10.5. The molecule has 0 saturated heterocycles. The van der Waals surface area contributed by atoms with Crippen LogP contribution in [0.4, 0.5) is 11.4 Å². The monoisotopic (exact) mass is 321 g/mol. The molecule has 4 heteroatoms. The summed E-state index contributed by atoms with van der Waals surface area (Å²) in [7, 11) is 1.63. The zero-order valence-corrected chi connectivity index (χ0v) is 13.7. The molecule has 4 nitrogen and oxygen atoms in total. The van der Waals surface area contributed by atoms with E-state index in [0.717, 1.165) is 22.6 Å². The predicted molar refractivity (Wildman–Crippen MR) is 96.1 cm³/mol. The van der Waals surface area contributed by atoms with Gasteiger partial charge in [-0.05, 0) is 42.8 Å². The third-order valence-electron chi connectivity index (χ3n) is 3.89. The Kier molecular flexibility index (Phi) is 4.66. The lowest BCUT2D eigenvalue weighted by molar-refractivity contribution is 0.415. The molecule has 0 unspecified atom stereocenters. The molecule has 0 amide bonds. The first-order valence-corrected chi connectivity index (χ1v) is 7.82. The van der Waals surface area contributed by atoms with Crippen molar-refractivity contribution in [3.05, 3.63) is 77.3 Å². The van der Waals surface area contributed by atoms with Gasteiger partial charge in [-0.25, -0.2) is 4.79 Å². The van der Waals surface area contributed by atoms with Gasteiger partial charge in [-0.1, -0.05) is 30.3 Å². The van der Waals surface area contributed by atoms with Crippen molar-refractivity contribution in [2.75, 3.05) is 18.6 Å². The van der Waals surface area contributed by atoms with Crippen molar-refractivity contribution in [1.82, 2.24) is 0 Å². The second-order valence-electron chi connectivity index (χ2n) is 5.32. The fraction of sp³-hybridized carbons (Fsp3) is 0.150. The van der Waals surface area contributed by atoms with Crippen molar-refractivity contribution < 1.29 is 9.15 Å². The van der Waals surface area contributed by atoms with Gasteiger partial charge in [0.05, 0.1) is 7.11 Å². The lowest BCUT2D eigenvalue weighted by Crippen LogP contribution is -2.22. The minimum Gasteiger partial charge on any atom is -0.497 e. The van der Waals surface area contributed by atoms with E-state index in [1.807, 2.05) is 72.5 Å². The van der Waals surface area contributed by atoms with E-state index in [0.29, 0.717) is 12.2 Å². The van der Waals surface area contributed by atoms with Gasteiger partial charge < -0.3 is 14.1 Å². The minimum absolute atomic E-state index is 0.354. The van der Waals surface area contributed by atoms with E-state index in [2.05, 4.69) is 0 Å². The smallest absolute Gasteiger partial charge is 0.359 e. The van der Waals surface area contributed by atoms with E-state index in [4.69, 9.17) is 9.15 Å². The number of rotatable bonds is 5. The molecule has 24 heavy (non-hydrogen) atoms. The van der Waals surface area contributed by atoms with Gasteiger partial charge in [0.1, 0.15) is 17.7 Å². The Morgan fingerprint density at radius 3 is 2.33 bits per heavy atom. The van der Waals surface area contributed by atoms with Crippen molar-refractivity contribution in [1.29, 1.82) is 0 Å². The average molecular weight is 321 g/mol. The summed E-state index contributed by atoms with van der Waals surface area (Å²) in [5.74, 6) is 0.778. The Hall–Kier alpha value is -3.01. The average Bonchev–Trinajstić information content (AvgIpc) is 2.65. The van der Waals surface area contributed by atoms with Crippen LogP contribution in [0.5, 0.6) is 5.75 Å². The summed E-state index contributed by atoms with van der Waals surface area (Å²) >= 11 is 0. The molecule has 1 heterocycles. The number of hydrogen-bond acceptors (Lipinski definition) is 4. The third kappa shape index (κ3) is 3.18. The zero-order valence-electron chi connectivity index (χ0n) is 13.7.